The number of carbonyl (C=O) groups is 1. The molecule has 1 amide bonds. The molecule has 0 aliphatic rings. The van der Waals surface area contributed by atoms with Gasteiger partial charge in [0.2, 0.25) is 0 Å². The first-order valence-electron chi connectivity index (χ1n) is 7.40. The van der Waals surface area contributed by atoms with Gasteiger partial charge in [0.1, 0.15) is 0 Å². The number of aliphatic hydroxyl groups excluding tert-OH is 1. The van der Waals surface area contributed by atoms with Gasteiger partial charge in [-0.1, -0.05) is 30.3 Å². The van der Waals surface area contributed by atoms with Crippen LogP contribution in [-0.2, 0) is 7.05 Å². The number of hydrogen-bond donors (Lipinski definition) is 2. The Balaban J connectivity index is 2.21. The van der Waals surface area contributed by atoms with Gasteiger partial charge in [0, 0.05) is 19.2 Å². The number of carbonyl (C=O) groups excluding carboxylic acids is 1. The van der Waals surface area contributed by atoms with Gasteiger partial charge in [0.15, 0.2) is 5.65 Å². The van der Waals surface area contributed by atoms with Crippen molar-refractivity contribution < 1.29 is 9.90 Å². The van der Waals surface area contributed by atoms with E-state index in [4.69, 9.17) is 5.11 Å². The van der Waals surface area contributed by atoms with Crippen LogP contribution in [0.1, 0.15) is 16.1 Å². The number of rotatable bonds is 4. The van der Waals surface area contributed by atoms with E-state index in [0.29, 0.717) is 11.2 Å². The summed E-state index contributed by atoms with van der Waals surface area (Å²) in [5.41, 5.74) is 3.59. The van der Waals surface area contributed by atoms with E-state index in [1.165, 1.54) is 0 Å². The quantitative estimate of drug-likeness (QED) is 0.768. The van der Waals surface area contributed by atoms with Crippen molar-refractivity contribution in [3.8, 4) is 11.3 Å². The van der Waals surface area contributed by atoms with Crippen LogP contribution in [0.2, 0.25) is 0 Å². The van der Waals surface area contributed by atoms with Crippen LogP contribution in [0.4, 0.5) is 0 Å². The van der Waals surface area contributed by atoms with Crippen molar-refractivity contribution in [2.75, 3.05) is 13.2 Å². The van der Waals surface area contributed by atoms with Gasteiger partial charge in [-0.2, -0.15) is 5.10 Å². The number of pyridine rings is 1. The lowest BCUT2D eigenvalue weighted by Gasteiger charge is -2.08. The zero-order valence-corrected chi connectivity index (χ0v) is 13.1. The van der Waals surface area contributed by atoms with Crippen molar-refractivity contribution in [1.82, 2.24) is 20.1 Å². The molecule has 0 saturated carbocycles. The second kappa shape index (κ2) is 6.18. The average molecular weight is 310 g/mol. The summed E-state index contributed by atoms with van der Waals surface area (Å²) in [5, 5.41) is 16.7. The Kier molecular flexibility index (Phi) is 4.08. The van der Waals surface area contributed by atoms with Crippen molar-refractivity contribution in [3.05, 3.63) is 47.7 Å². The highest BCUT2D eigenvalue weighted by Crippen LogP contribution is 2.26. The van der Waals surface area contributed by atoms with Gasteiger partial charge < -0.3 is 10.4 Å². The van der Waals surface area contributed by atoms with Crippen LogP contribution in [0.15, 0.2) is 36.4 Å². The molecule has 0 saturated heterocycles. The van der Waals surface area contributed by atoms with Crippen LogP contribution in [0.3, 0.4) is 0 Å². The first-order chi connectivity index (χ1) is 11.1. The van der Waals surface area contributed by atoms with E-state index in [1.807, 2.05) is 44.3 Å². The van der Waals surface area contributed by atoms with E-state index in [-0.39, 0.29) is 19.1 Å². The van der Waals surface area contributed by atoms with Gasteiger partial charge in [0.25, 0.3) is 5.91 Å². The Morgan fingerprint density at radius 1 is 1.30 bits per heavy atom. The lowest BCUT2D eigenvalue weighted by atomic mass is 10.0. The summed E-state index contributed by atoms with van der Waals surface area (Å²) in [7, 11) is 1.81. The smallest absolute Gasteiger partial charge is 0.252 e. The Morgan fingerprint density at radius 3 is 2.74 bits per heavy atom. The summed E-state index contributed by atoms with van der Waals surface area (Å²) in [5.74, 6) is -0.236. The molecule has 3 aromatic rings. The maximum Gasteiger partial charge on any atom is 0.252 e. The van der Waals surface area contributed by atoms with E-state index in [2.05, 4.69) is 15.4 Å². The minimum absolute atomic E-state index is 0.0997. The van der Waals surface area contributed by atoms with Crippen LogP contribution in [0, 0.1) is 6.92 Å². The van der Waals surface area contributed by atoms with E-state index in [9.17, 15) is 4.79 Å². The second-order valence-corrected chi connectivity index (χ2v) is 5.31. The molecule has 23 heavy (non-hydrogen) atoms. The van der Waals surface area contributed by atoms with Crippen molar-refractivity contribution in [2.24, 2.45) is 7.05 Å². The molecule has 2 heterocycles. The lowest BCUT2D eigenvalue weighted by molar-refractivity contribution is 0.0946. The monoisotopic (exact) mass is 310 g/mol. The Morgan fingerprint density at radius 2 is 2.04 bits per heavy atom. The summed E-state index contributed by atoms with van der Waals surface area (Å²) in [6.45, 7) is 1.97. The fourth-order valence-corrected chi connectivity index (χ4v) is 2.65. The first kappa shape index (κ1) is 15.2. The highest BCUT2D eigenvalue weighted by Gasteiger charge is 2.18. The Hall–Kier alpha value is -2.73. The van der Waals surface area contributed by atoms with Crippen molar-refractivity contribution in [3.63, 3.8) is 0 Å². The van der Waals surface area contributed by atoms with Crippen molar-refractivity contribution in [2.45, 2.75) is 6.92 Å². The first-order valence-corrected chi connectivity index (χ1v) is 7.40. The molecule has 0 fully saturated rings. The highest BCUT2D eigenvalue weighted by atomic mass is 16.3. The fourth-order valence-electron chi connectivity index (χ4n) is 2.65. The maximum atomic E-state index is 12.5. The Bertz CT molecular complexity index is 856. The molecule has 0 radical (unpaired) electrons. The molecule has 0 aliphatic heterocycles. The lowest BCUT2D eigenvalue weighted by Crippen LogP contribution is -2.26. The number of aryl methyl sites for hydroxylation is 2. The number of fused-ring (bicyclic) bond motifs is 1. The number of hydrogen-bond acceptors (Lipinski definition) is 4. The number of amides is 1. The van der Waals surface area contributed by atoms with Crippen LogP contribution in [-0.4, -0.2) is 38.9 Å². The van der Waals surface area contributed by atoms with Gasteiger partial charge in [-0.15, -0.1) is 0 Å². The predicted octanol–water partition coefficient (Wildman–Crippen LogP) is 1.67. The number of aliphatic hydroxyl groups is 1. The molecular weight excluding hydrogens is 292 g/mol. The standard InChI is InChI=1S/C17H18N4O2/c1-11-15-13(17(23)18-8-9-22)10-14(12-6-4-3-5-7-12)19-16(15)21(2)20-11/h3-7,10,22H,8-9H2,1-2H3,(H,18,23). The Labute approximate surface area is 133 Å². The van der Waals surface area contributed by atoms with Crippen LogP contribution in [0.5, 0.6) is 0 Å². The molecule has 0 aliphatic carbocycles. The van der Waals surface area contributed by atoms with Gasteiger partial charge in [-0.25, -0.2) is 4.98 Å². The number of nitrogens with one attached hydrogen (secondary N) is 1. The molecule has 2 aromatic heterocycles. The summed E-state index contributed by atoms with van der Waals surface area (Å²) < 4.78 is 1.68. The molecule has 0 atom stereocenters. The third-order valence-electron chi connectivity index (χ3n) is 3.68. The van der Waals surface area contributed by atoms with Crippen LogP contribution < -0.4 is 5.32 Å². The number of aromatic nitrogens is 3. The largest absolute Gasteiger partial charge is 0.395 e. The third-order valence-corrected chi connectivity index (χ3v) is 3.68. The fraction of sp³-hybridized carbons (Fsp3) is 0.235. The van der Waals surface area contributed by atoms with E-state index >= 15 is 0 Å². The van der Waals surface area contributed by atoms with Crippen LogP contribution in [0.25, 0.3) is 22.3 Å². The maximum absolute atomic E-state index is 12.5. The summed E-state index contributed by atoms with van der Waals surface area (Å²) >= 11 is 0. The zero-order valence-electron chi connectivity index (χ0n) is 13.1. The predicted molar refractivity (Wildman–Crippen MR) is 88.1 cm³/mol. The van der Waals surface area contributed by atoms with E-state index in [1.54, 1.807) is 10.7 Å². The molecule has 1 aromatic carbocycles. The van der Waals surface area contributed by atoms with Gasteiger partial charge in [-0.05, 0) is 13.0 Å². The summed E-state index contributed by atoms with van der Waals surface area (Å²) in [6.07, 6.45) is 0. The zero-order chi connectivity index (χ0) is 16.4. The van der Waals surface area contributed by atoms with E-state index < -0.39 is 0 Å². The third kappa shape index (κ3) is 2.80. The molecule has 6 heteroatoms. The summed E-state index contributed by atoms with van der Waals surface area (Å²) in [4.78, 5) is 17.1. The molecule has 6 nitrogen and oxygen atoms in total. The minimum atomic E-state index is -0.236. The highest BCUT2D eigenvalue weighted by molar-refractivity contribution is 6.07. The topological polar surface area (TPSA) is 80.0 Å². The number of nitrogens with zero attached hydrogens (tertiary/aromatic N) is 3. The van der Waals surface area contributed by atoms with Gasteiger partial charge >= 0.3 is 0 Å². The molecule has 0 bridgehead atoms. The normalized spacial score (nSPS) is 10.9. The molecule has 0 spiro atoms. The number of benzene rings is 1. The second-order valence-electron chi connectivity index (χ2n) is 5.31. The van der Waals surface area contributed by atoms with Gasteiger partial charge in [-0.3, -0.25) is 9.48 Å². The van der Waals surface area contributed by atoms with Crippen LogP contribution >= 0.6 is 0 Å². The molecule has 118 valence electrons. The molecular formula is C17H18N4O2. The SMILES string of the molecule is Cc1nn(C)c2nc(-c3ccccc3)cc(C(=O)NCCO)c12. The van der Waals surface area contributed by atoms with E-state index in [0.717, 1.165) is 22.3 Å². The summed E-state index contributed by atoms with van der Waals surface area (Å²) in [6, 6.07) is 11.5. The molecule has 2 N–H and O–H groups in total. The van der Waals surface area contributed by atoms with Gasteiger partial charge in [0.05, 0.1) is 28.9 Å². The molecule has 3 rings (SSSR count). The van der Waals surface area contributed by atoms with Crippen molar-refractivity contribution in [1.29, 1.82) is 0 Å². The molecule has 0 unspecified atom stereocenters. The van der Waals surface area contributed by atoms with Crippen molar-refractivity contribution >= 4 is 16.9 Å². The average Bonchev–Trinajstić information content (AvgIpc) is 2.87. The minimum Gasteiger partial charge on any atom is -0.395 e.